The summed E-state index contributed by atoms with van der Waals surface area (Å²) < 4.78 is 18.7. The van der Waals surface area contributed by atoms with Crippen molar-refractivity contribution in [3.8, 4) is 17.2 Å². The fourth-order valence-electron chi connectivity index (χ4n) is 4.11. The maximum Gasteiger partial charge on any atom is 0.251 e. The Hall–Kier alpha value is -4.00. The van der Waals surface area contributed by atoms with Gasteiger partial charge in [0.15, 0.2) is 11.5 Å². The summed E-state index contributed by atoms with van der Waals surface area (Å²) in [5, 5.41) is 2.99. The van der Waals surface area contributed by atoms with Gasteiger partial charge in [-0.3, -0.25) is 4.79 Å². The molecule has 0 spiro atoms. The Labute approximate surface area is 212 Å². The van der Waals surface area contributed by atoms with Crippen LogP contribution < -0.4 is 19.5 Å². The van der Waals surface area contributed by atoms with Crippen molar-refractivity contribution < 1.29 is 19.0 Å². The minimum atomic E-state index is -0.198. The summed E-state index contributed by atoms with van der Waals surface area (Å²) in [4.78, 5) is 17.6. The maximum atomic E-state index is 12.8. The van der Waals surface area contributed by atoms with Gasteiger partial charge in [-0.25, -0.2) is 4.98 Å². The topological polar surface area (TPSA) is 74.6 Å². The molecule has 0 radical (unpaired) electrons. The van der Waals surface area contributed by atoms with Gasteiger partial charge >= 0.3 is 0 Å². The molecule has 0 saturated carbocycles. The summed E-state index contributed by atoms with van der Waals surface area (Å²) in [6.07, 6.45) is 1.85. The van der Waals surface area contributed by atoms with Crippen LogP contribution in [0, 0.1) is 13.8 Å². The fraction of sp³-hybridized carbons (Fsp3) is 0.310. The highest BCUT2D eigenvalue weighted by atomic mass is 16.5. The molecule has 1 N–H and O–H groups in total. The summed E-state index contributed by atoms with van der Waals surface area (Å²) in [5.74, 6) is 2.62. The lowest BCUT2D eigenvalue weighted by atomic mass is 10.1. The molecule has 0 aliphatic rings. The van der Waals surface area contributed by atoms with Crippen LogP contribution in [0.15, 0.2) is 60.7 Å². The third-order valence-corrected chi connectivity index (χ3v) is 6.31. The first-order chi connectivity index (χ1) is 17.5. The molecule has 4 rings (SSSR count). The van der Waals surface area contributed by atoms with Crippen molar-refractivity contribution in [1.82, 2.24) is 14.9 Å². The lowest BCUT2D eigenvalue weighted by molar-refractivity contribution is 0.0949. The highest BCUT2D eigenvalue weighted by molar-refractivity contribution is 5.94. The van der Waals surface area contributed by atoms with Crippen molar-refractivity contribution in [2.45, 2.75) is 39.8 Å². The van der Waals surface area contributed by atoms with Crippen LogP contribution in [0.2, 0.25) is 0 Å². The standard InChI is InChI=1S/C29H33N3O4/c1-20-11-13-23(17-21(20)2)36-16-8-7-15-32-25-10-6-5-9-24(25)31-28(32)19-30-29(33)22-12-14-26(34-3)27(18-22)35-4/h5-6,9-14,17-18H,7-8,15-16,19H2,1-4H3,(H,30,33). The van der Waals surface area contributed by atoms with Crippen LogP contribution in [0.4, 0.5) is 0 Å². The van der Waals surface area contributed by atoms with E-state index in [0.717, 1.165) is 42.0 Å². The van der Waals surface area contributed by atoms with Crippen molar-refractivity contribution in [2.24, 2.45) is 0 Å². The second-order valence-electron chi connectivity index (χ2n) is 8.72. The largest absolute Gasteiger partial charge is 0.494 e. The number of nitrogens with zero attached hydrogens (tertiary/aromatic N) is 2. The van der Waals surface area contributed by atoms with Gasteiger partial charge in [0.05, 0.1) is 38.4 Å². The Morgan fingerprint density at radius 2 is 1.72 bits per heavy atom. The molecule has 3 aromatic carbocycles. The molecule has 1 aromatic heterocycles. The smallest absolute Gasteiger partial charge is 0.251 e. The van der Waals surface area contributed by atoms with Crippen molar-refractivity contribution in [1.29, 1.82) is 0 Å². The van der Waals surface area contributed by atoms with Gasteiger partial charge in [0.1, 0.15) is 11.6 Å². The highest BCUT2D eigenvalue weighted by Gasteiger charge is 2.14. The van der Waals surface area contributed by atoms with Gasteiger partial charge in [0, 0.05) is 12.1 Å². The number of hydrogen-bond donors (Lipinski definition) is 1. The molecule has 36 heavy (non-hydrogen) atoms. The minimum Gasteiger partial charge on any atom is -0.494 e. The number of carbonyl (C=O) groups is 1. The monoisotopic (exact) mass is 487 g/mol. The van der Waals surface area contributed by atoms with E-state index in [1.807, 2.05) is 24.3 Å². The number of amides is 1. The Morgan fingerprint density at radius 3 is 2.50 bits per heavy atom. The second-order valence-corrected chi connectivity index (χ2v) is 8.72. The van der Waals surface area contributed by atoms with E-state index in [2.05, 4.69) is 41.9 Å². The number of rotatable bonds is 11. The number of fused-ring (bicyclic) bond motifs is 1. The summed E-state index contributed by atoms with van der Waals surface area (Å²) in [6, 6.07) is 19.3. The zero-order valence-electron chi connectivity index (χ0n) is 21.3. The van der Waals surface area contributed by atoms with Crippen molar-refractivity contribution >= 4 is 16.9 Å². The number of ether oxygens (including phenoxy) is 3. The van der Waals surface area contributed by atoms with Crippen LogP contribution >= 0.6 is 0 Å². The van der Waals surface area contributed by atoms with Gasteiger partial charge in [0.25, 0.3) is 5.91 Å². The SMILES string of the molecule is COc1ccc(C(=O)NCc2nc3ccccc3n2CCCCOc2ccc(C)c(C)c2)cc1OC. The maximum absolute atomic E-state index is 12.8. The molecule has 0 bridgehead atoms. The minimum absolute atomic E-state index is 0.198. The average Bonchev–Trinajstić information content (AvgIpc) is 3.26. The Morgan fingerprint density at radius 1 is 0.917 bits per heavy atom. The number of aromatic nitrogens is 2. The Balaban J connectivity index is 1.38. The highest BCUT2D eigenvalue weighted by Crippen LogP contribution is 2.27. The molecular weight excluding hydrogens is 454 g/mol. The van der Waals surface area contributed by atoms with Gasteiger partial charge in [-0.2, -0.15) is 0 Å². The van der Waals surface area contributed by atoms with Gasteiger partial charge in [-0.05, 0) is 80.3 Å². The average molecular weight is 488 g/mol. The lowest BCUT2D eigenvalue weighted by Gasteiger charge is -2.12. The number of aryl methyl sites for hydroxylation is 3. The summed E-state index contributed by atoms with van der Waals surface area (Å²) in [6.45, 7) is 5.96. The van der Waals surface area contributed by atoms with Gasteiger partial charge in [-0.1, -0.05) is 18.2 Å². The number of nitrogens with one attached hydrogen (secondary N) is 1. The molecule has 0 unspecified atom stereocenters. The summed E-state index contributed by atoms with van der Waals surface area (Å²) in [5.41, 5.74) is 4.97. The number of carbonyl (C=O) groups excluding carboxylic acids is 1. The number of imidazole rings is 1. The van der Waals surface area contributed by atoms with E-state index >= 15 is 0 Å². The van der Waals surface area contributed by atoms with E-state index in [1.165, 1.54) is 11.1 Å². The number of benzene rings is 3. The van der Waals surface area contributed by atoms with E-state index in [9.17, 15) is 4.79 Å². The number of para-hydroxylation sites is 2. The van der Waals surface area contributed by atoms with Crippen molar-refractivity contribution in [3.05, 3.63) is 83.2 Å². The van der Waals surface area contributed by atoms with Crippen LogP contribution in [-0.2, 0) is 13.1 Å². The molecule has 0 aliphatic carbocycles. The quantitative estimate of drug-likeness (QED) is 0.284. The van der Waals surface area contributed by atoms with Crippen LogP contribution in [0.25, 0.3) is 11.0 Å². The van der Waals surface area contributed by atoms with E-state index in [0.29, 0.717) is 30.2 Å². The van der Waals surface area contributed by atoms with Gasteiger partial charge in [-0.15, -0.1) is 0 Å². The lowest BCUT2D eigenvalue weighted by Crippen LogP contribution is -2.25. The zero-order chi connectivity index (χ0) is 25.5. The molecule has 4 aromatic rings. The molecule has 0 atom stereocenters. The third-order valence-electron chi connectivity index (χ3n) is 6.31. The first-order valence-electron chi connectivity index (χ1n) is 12.1. The third kappa shape index (κ3) is 5.79. The van der Waals surface area contributed by atoms with E-state index in [4.69, 9.17) is 19.2 Å². The number of hydrogen-bond acceptors (Lipinski definition) is 5. The molecule has 1 heterocycles. The normalized spacial score (nSPS) is 10.9. The Kier molecular flexibility index (Phi) is 8.10. The summed E-state index contributed by atoms with van der Waals surface area (Å²) in [7, 11) is 3.12. The molecular formula is C29H33N3O4. The predicted molar refractivity (Wildman–Crippen MR) is 141 cm³/mol. The molecule has 0 fully saturated rings. The molecule has 0 saturated heterocycles. The van der Waals surface area contributed by atoms with E-state index in [1.54, 1.807) is 32.4 Å². The molecule has 7 nitrogen and oxygen atoms in total. The second kappa shape index (κ2) is 11.6. The number of methoxy groups -OCH3 is 2. The van der Waals surface area contributed by atoms with E-state index < -0.39 is 0 Å². The molecule has 7 heteroatoms. The van der Waals surface area contributed by atoms with Crippen LogP contribution in [-0.4, -0.2) is 36.3 Å². The Bertz CT molecular complexity index is 1350. The first-order valence-corrected chi connectivity index (χ1v) is 12.1. The van der Waals surface area contributed by atoms with Crippen molar-refractivity contribution in [2.75, 3.05) is 20.8 Å². The predicted octanol–water partition coefficient (Wildman–Crippen LogP) is 5.46. The molecule has 1 amide bonds. The summed E-state index contributed by atoms with van der Waals surface area (Å²) >= 11 is 0. The zero-order valence-corrected chi connectivity index (χ0v) is 21.3. The van der Waals surface area contributed by atoms with Crippen molar-refractivity contribution in [3.63, 3.8) is 0 Å². The fourth-order valence-corrected chi connectivity index (χ4v) is 4.11. The van der Waals surface area contributed by atoms with Gasteiger partial charge in [0.2, 0.25) is 0 Å². The first kappa shape index (κ1) is 25.1. The van der Waals surface area contributed by atoms with Crippen LogP contribution in [0.1, 0.15) is 40.2 Å². The molecule has 188 valence electrons. The number of unbranched alkanes of at least 4 members (excludes halogenated alkanes) is 1. The van der Waals surface area contributed by atoms with Crippen LogP contribution in [0.5, 0.6) is 17.2 Å². The van der Waals surface area contributed by atoms with Crippen LogP contribution in [0.3, 0.4) is 0 Å². The van der Waals surface area contributed by atoms with E-state index in [-0.39, 0.29) is 5.91 Å². The van der Waals surface area contributed by atoms with Gasteiger partial charge < -0.3 is 24.1 Å². The molecule has 0 aliphatic heterocycles.